The van der Waals surface area contributed by atoms with Crippen molar-refractivity contribution in [2.75, 3.05) is 5.32 Å². The monoisotopic (exact) mass is 426 g/mol. The van der Waals surface area contributed by atoms with Crippen molar-refractivity contribution in [1.82, 2.24) is 24.5 Å². The average Bonchev–Trinajstić information content (AvgIpc) is 3.16. The van der Waals surface area contributed by atoms with Gasteiger partial charge in [-0.3, -0.25) is 14.8 Å². The molecule has 0 aliphatic rings. The van der Waals surface area contributed by atoms with Gasteiger partial charge in [-0.15, -0.1) is 5.10 Å². The summed E-state index contributed by atoms with van der Waals surface area (Å²) in [6.45, 7) is 4.46. The number of aromatic nitrogens is 5. The smallest absolute Gasteiger partial charge is 0.248 e. The van der Waals surface area contributed by atoms with E-state index >= 15 is 0 Å². The highest BCUT2D eigenvalue weighted by atomic mass is 35.5. The molecule has 0 atom stereocenters. The largest absolute Gasteiger partial charge is 0.293 e. The Kier molecular flexibility index (Phi) is 6.04. The fourth-order valence-corrected chi connectivity index (χ4v) is 3.21. The van der Waals surface area contributed by atoms with E-state index in [1.165, 1.54) is 6.33 Å². The number of amides is 1. The van der Waals surface area contributed by atoms with Crippen LogP contribution in [0.1, 0.15) is 23.4 Å². The quantitative estimate of drug-likeness (QED) is 0.641. The van der Waals surface area contributed by atoms with E-state index < -0.39 is 0 Å². The van der Waals surface area contributed by atoms with E-state index in [4.69, 9.17) is 34.8 Å². The molecule has 7 nitrogen and oxygen atoms in total. The Labute approximate surface area is 171 Å². The lowest BCUT2D eigenvalue weighted by Gasteiger charge is -2.06. The number of benzene rings is 1. The van der Waals surface area contributed by atoms with Gasteiger partial charge < -0.3 is 0 Å². The third-order valence-electron chi connectivity index (χ3n) is 4.01. The summed E-state index contributed by atoms with van der Waals surface area (Å²) in [6, 6.07) is 5.29. The molecule has 0 spiro atoms. The van der Waals surface area contributed by atoms with Crippen molar-refractivity contribution in [1.29, 1.82) is 0 Å². The molecule has 3 rings (SSSR count). The van der Waals surface area contributed by atoms with Gasteiger partial charge in [-0.1, -0.05) is 40.9 Å². The molecule has 27 heavy (non-hydrogen) atoms. The zero-order valence-electron chi connectivity index (χ0n) is 14.7. The van der Waals surface area contributed by atoms with Crippen LogP contribution in [0.4, 0.5) is 5.95 Å². The van der Waals surface area contributed by atoms with Crippen molar-refractivity contribution >= 4 is 46.7 Å². The van der Waals surface area contributed by atoms with Crippen LogP contribution in [0.15, 0.2) is 24.5 Å². The maximum absolute atomic E-state index is 12.1. The maximum Gasteiger partial charge on any atom is 0.248 e. The van der Waals surface area contributed by atoms with Gasteiger partial charge in [0.05, 0.1) is 29.5 Å². The molecular weight excluding hydrogens is 411 g/mol. The standard InChI is InChI=1S/C17H17Cl3N6O/c1-10-16(20)11(2)26(23-10)7-6-15(27)22-17-21-9-25(24-17)8-12-13(18)4-3-5-14(12)19/h3-5,9H,6-8H2,1-2H3,(H,22,24,27). The second-order valence-corrected chi connectivity index (χ2v) is 7.16. The van der Waals surface area contributed by atoms with E-state index in [0.29, 0.717) is 28.2 Å². The van der Waals surface area contributed by atoms with Crippen molar-refractivity contribution in [3.63, 3.8) is 0 Å². The van der Waals surface area contributed by atoms with Crippen molar-refractivity contribution in [2.45, 2.75) is 33.4 Å². The second-order valence-electron chi connectivity index (χ2n) is 5.97. The Morgan fingerprint density at radius 3 is 2.48 bits per heavy atom. The van der Waals surface area contributed by atoms with Gasteiger partial charge in [0, 0.05) is 22.0 Å². The van der Waals surface area contributed by atoms with Crippen LogP contribution < -0.4 is 5.32 Å². The maximum atomic E-state index is 12.1. The molecule has 0 unspecified atom stereocenters. The number of carbonyl (C=O) groups excluding carboxylic acids is 1. The number of aryl methyl sites for hydroxylation is 2. The van der Waals surface area contributed by atoms with E-state index in [1.54, 1.807) is 27.6 Å². The van der Waals surface area contributed by atoms with Crippen molar-refractivity contribution < 1.29 is 4.79 Å². The topological polar surface area (TPSA) is 77.6 Å². The lowest BCUT2D eigenvalue weighted by atomic mass is 10.2. The molecule has 0 fully saturated rings. The van der Waals surface area contributed by atoms with E-state index in [-0.39, 0.29) is 18.3 Å². The number of halogens is 3. The number of anilines is 1. The molecule has 0 aliphatic heterocycles. The molecule has 0 saturated heterocycles. The Morgan fingerprint density at radius 2 is 1.85 bits per heavy atom. The molecule has 0 aliphatic carbocycles. The Hall–Kier alpha value is -2.09. The molecule has 1 amide bonds. The molecule has 1 N–H and O–H groups in total. The van der Waals surface area contributed by atoms with E-state index in [0.717, 1.165) is 17.0 Å². The number of rotatable bonds is 6. The van der Waals surface area contributed by atoms with Crippen LogP contribution in [0.2, 0.25) is 15.1 Å². The highest BCUT2D eigenvalue weighted by Crippen LogP contribution is 2.25. The Bertz CT molecular complexity index is 961. The second kappa shape index (κ2) is 8.29. The zero-order valence-corrected chi connectivity index (χ0v) is 17.0. The number of carbonyl (C=O) groups is 1. The van der Waals surface area contributed by atoms with E-state index in [2.05, 4.69) is 20.5 Å². The summed E-state index contributed by atoms with van der Waals surface area (Å²) in [5, 5.41) is 12.9. The molecule has 2 heterocycles. The summed E-state index contributed by atoms with van der Waals surface area (Å²) in [4.78, 5) is 16.2. The Morgan fingerprint density at radius 1 is 1.15 bits per heavy atom. The normalized spacial score (nSPS) is 11.0. The third-order valence-corrected chi connectivity index (χ3v) is 5.27. The predicted octanol–water partition coefficient (Wildman–Crippen LogP) is 4.13. The number of hydrogen-bond acceptors (Lipinski definition) is 4. The highest BCUT2D eigenvalue weighted by Gasteiger charge is 2.12. The lowest BCUT2D eigenvalue weighted by molar-refractivity contribution is -0.116. The summed E-state index contributed by atoms with van der Waals surface area (Å²) in [7, 11) is 0. The summed E-state index contributed by atoms with van der Waals surface area (Å²) < 4.78 is 3.27. The first-order valence-electron chi connectivity index (χ1n) is 8.17. The SMILES string of the molecule is Cc1nn(CCC(=O)Nc2ncn(Cc3c(Cl)cccc3Cl)n2)c(C)c1Cl. The van der Waals surface area contributed by atoms with Crippen LogP contribution in [-0.2, 0) is 17.9 Å². The molecular formula is C17H17Cl3N6O. The summed E-state index contributed by atoms with van der Waals surface area (Å²) in [5.41, 5.74) is 2.32. The van der Waals surface area contributed by atoms with Crippen molar-refractivity contribution in [3.05, 3.63) is 56.5 Å². The number of nitrogens with one attached hydrogen (secondary N) is 1. The van der Waals surface area contributed by atoms with Crippen LogP contribution in [0, 0.1) is 13.8 Å². The molecule has 3 aromatic rings. The van der Waals surface area contributed by atoms with Crippen LogP contribution in [0.5, 0.6) is 0 Å². The molecule has 1 aromatic carbocycles. The minimum atomic E-state index is -0.216. The first-order chi connectivity index (χ1) is 12.8. The van der Waals surface area contributed by atoms with Gasteiger partial charge >= 0.3 is 0 Å². The molecule has 10 heteroatoms. The number of nitrogens with zero attached hydrogens (tertiary/aromatic N) is 5. The minimum Gasteiger partial charge on any atom is -0.293 e. The summed E-state index contributed by atoms with van der Waals surface area (Å²) in [6.07, 6.45) is 1.74. The van der Waals surface area contributed by atoms with Crippen LogP contribution in [0.3, 0.4) is 0 Å². The first-order valence-corrected chi connectivity index (χ1v) is 9.30. The number of hydrogen-bond donors (Lipinski definition) is 1. The fraction of sp³-hybridized carbons (Fsp3) is 0.294. The zero-order chi connectivity index (χ0) is 19.6. The molecule has 0 saturated carbocycles. The summed E-state index contributed by atoms with van der Waals surface area (Å²) >= 11 is 18.4. The van der Waals surface area contributed by atoms with Gasteiger partial charge in [-0.25, -0.2) is 9.67 Å². The summed E-state index contributed by atoms with van der Waals surface area (Å²) in [5.74, 6) is 0.00165. The molecule has 0 radical (unpaired) electrons. The van der Waals surface area contributed by atoms with Crippen LogP contribution in [-0.4, -0.2) is 30.5 Å². The first kappa shape index (κ1) is 19.7. The van der Waals surface area contributed by atoms with Gasteiger partial charge in [-0.05, 0) is 26.0 Å². The lowest BCUT2D eigenvalue weighted by Crippen LogP contribution is -2.16. The highest BCUT2D eigenvalue weighted by molar-refractivity contribution is 6.36. The van der Waals surface area contributed by atoms with Gasteiger partial charge in [0.25, 0.3) is 0 Å². The minimum absolute atomic E-state index is 0.216. The average molecular weight is 428 g/mol. The molecule has 2 aromatic heterocycles. The fourth-order valence-electron chi connectivity index (χ4n) is 2.56. The van der Waals surface area contributed by atoms with Gasteiger partial charge in [0.1, 0.15) is 6.33 Å². The predicted molar refractivity (Wildman–Crippen MR) is 106 cm³/mol. The third kappa shape index (κ3) is 4.61. The van der Waals surface area contributed by atoms with Crippen molar-refractivity contribution in [2.24, 2.45) is 0 Å². The van der Waals surface area contributed by atoms with Gasteiger partial charge in [0.2, 0.25) is 11.9 Å². The van der Waals surface area contributed by atoms with E-state index in [1.807, 2.05) is 13.8 Å². The van der Waals surface area contributed by atoms with Crippen LogP contribution >= 0.6 is 34.8 Å². The molecule has 142 valence electrons. The van der Waals surface area contributed by atoms with Crippen molar-refractivity contribution in [3.8, 4) is 0 Å². The van der Waals surface area contributed by atoms with Gasteiger partial charge in [0.15, 0.2) is 0 Å². The van der Waals surface area contributed by atoms with Crippen LogP contribution in [0.25, 0.3) is 0 Å². The van der Waals surface area contributed by atoms with E-state index in [9.17, 15) is 4.79 Å². The Balaban J connectivity index is 1.58. The molecule has 0 bridgehead atoms. The van der Waals surface area contributed by atoms with Gasteiger partial charge in [-0.2, -0.15) is 5.10 Å².